The molecule has 0 amide bonds. The second-order valence-electron chi connectivity index (χ2n) is 6.41. The molecule has 0 unspecified atom stereocenters. The summed E-state index contributed by atoms with van der Waals surface area (Å²) in [4.78, 5) is 9.80. The average molecular weight is 400 g/mol. The molecule has 0 aliphatic heterocycles. The van der Waals surface area contributed by atoms with Crippen molar-refractivity contribution in [1.29, 1.82) is 0 Å². The number of para-hydroxylation sites is 1. The summed E-state index contributed by atoms with van der Waals surface area (Å²) in [5, 5.41) is 4.24. The van der Waals surface area contributed by atoms with Crippen LogP contribution in [0, 0.1) is 0 Å². The predicted molar refractivity (Wildman–Crippen MR) is 118 cm³/mol. The highest BCUT2D eigenvalue weighted by Crippen LogP contribution is 2.30. The van der Waals surface area contributed by atoms with Gasteiger partial charge in [-0.15, -0.1) is 0 Å². The lowest BCUT2D eigenvalue weighted by atomic mass is 10.1. The summed E-state index contributed by atoms with van der Waals surface area (Å²) in [6, 6.07) is 28.1. The van der Waals surface area contributed by atoms with Gasteiger partial charge in [-0.2, -0.15) is 0 Å². The number of anilines is 2. The van der Waals surface area contributed by atoms with Crippen LogP contribution in [0.2, 0.25) is 0 Å². The molecule has 4 aromatic rings. The molecule has 0 atom stereocenters. The van der Waals surface area contributed by atoms with E-state index in [9.17, 15) is 0 Å². The van der Waals surface area contributed by atoms with E-state index in [0.29, 0.717) is 0 Å². The molecule has 3 aromatic carbocycles. The number of benzene rings is 3. The number of ether oxygens (including phenoxy) is 1. The lowest BCUT2D eigenvalue weighted by Crippen LogP contribution is -1.95. The Bertz CT molecular complexity index is 1070. The second kappa shape index (κ2) is 9.26. The largest absolute Gasteiger partial charge is 0.457 e. The Balaban J connectivity index is 1.42. The minimum Gasteiger partial charge on any atom is -0.457 e. The SMILES string of the molecule is CCc1cccc(Nc2cc(Sc3ccc(Oc4ccccc4)cc3)ncn2)c1. The van der Waals surface area contributed by atoms with Crippen LogP contribution in [-0.4, -0.2) is 9.97 Å². The van der Waals surface area contributed by atoms with E-state index in [0.717, 1.165) is 39.3 Å². The maximum absolute atomic E-state index is 5.84. The third-order valence-electron chi connectivity index (χ3n) is 4.27. The van der Waals surface area contributed by atoms with E-state index in [4.69, 9.17) is 4.74 Å². The maximum Gasteiger partial charge on any atom is 0.134 e. The molecule has 0 radical (unpaired) electrons. The Kier molecular flexibility index (Phi) is 6.07. The third-order valence-corrected chi connectivity index (χ3v) is 5.21. The van der Waals surface area contributed by atoms with Crippen LogP contribution in [0.25, 0.3) is 0 Å². The summed E-state index contributed by atoms with van der Waals surface area (Å²) in [5.74, 6) is 2.41. The van der Waals surface area contributed by atoms with Crippen LogP contribution in [0.5, 0.6) is 11.5 Å². The highest BCUT2D eigenvalue weighted by molar-refractivity contribution is 7.99. The summed E-state index contributed by atoms with van der Waals surface area (Å²) in [7, 11) is 0. The van der Waals surface area contributed by atoms with Crippen molar-refractivity contribution in [3.8, 4) is 11.5 Å². The highest BCUT2D eigenvalue weighted by Gasteiger charge is 2.04. The molecule has 0 spiro atoms. The molecule has 29 heavy (non-hydrogen) atoms. The Morgan fingerprint density at radius 3 is 2.41 bits per heavy atom. The molecule has 0 saturated carbocycles. The van der Waals surface area contributed by atoms with E-state index in [2.05, 4.69) is 40.4 Å². The van der Waals surface area contributed by atoms with Crippen LogP contribution in [0.4, 0.5) is 11.5 Å². The van der Waals surface area contributed by atoms with Gasteiger partial charge in [0.25, 0.3) is 0 Å². The van der Waals surface area contributed by atoms with Crippen LogP contribution in [0.3, 0.4) is 0 Å². The fourth-order valence-corrected chi connectivity index (χ4v) is 3.59. The van der Waals surface area contributed by atoms with Crippen LogP contribution >= 0.6 is 11.8 Å². The number of aryl methyl sites for hydroxylation is 1. The smallest absolute Gasteiger partial charge is 0.134 e. The van der Waals surface area contributed by atoms with Crippen molar-refractivity contribution in [2.75, 3.05) is 5.32 Å². The Labute approximate surface area is 175 Å². The number of aromatic nitrogens is 2. The Morgan fingerprint density at radius 2 is 1.62 bits per heavy atom. The molecule has 144 valence electrons. The Hall–Kier alpha value is -3.31. The molecule has 4 nitrogen and oxygen atoms in total. The number of hydrogen-bond acceptors (Lipinski definition) is 5. The van der Waals surface area contributed by atoms with E-state index >= 15 is 0 Å². The predicted octanol–water partition coefficient (Wildman–Crippen LogP) is 6.73. The first-order chi connectivity index (χ1) is 14.3. The van der Waals surface area contributed by atoms with Gasteiger partial charge in [0, 0.05) is 16.6 Å². The average Bonchev–Trinajstić information content (AvgIpc) is 2.76. The van der Waals surface area contributed by atoms with Gasteiger partial charge < -0.3 is 10.1 Å². The van der Waals surface area contributed by atoms with Crippen LogP contribution in [0.15, 0.2) is 101 Å². The van der Waals surface area contributed by atoms with Crippen molar-refractivity contribution >= 4 is 23.3 Å². The van der Waals surface area contributed by atoms with Crippen LogP contribution in [0.1, 0.15) is 12.5 Å². The van der Waals surface area contributed by atoms with Gasteiger partial charge in [0.2, 0.25) is 0 Å². The van der Waals surface area contributed by atoms with Crippen molar-refractivity contribution in [1.82, 2.24) is 9.97 Å². The lowest BCUT2D eigenvalue weighted by molar-refractivity contribution is 0.482. The molecular weight excluding hydrogens is 378 g/mol. The number of nitrogens with zero attached hydrogens (tertiary/aromatic N) is 2. The van der Waals surface area contributed by atoms with Gasteiger partial charge in [0.1, 0.15) is 28.7 Å². The first-order valence-corrected chi connectivity index (χ1v) is 10.3. The first-order valence-electron chi connectivity index (χ1n) is 9.47. The first kappa shape index (κ1) is 19.0. The van der Waals surface area contributed by atoms with E-state index < -0.39 is 0 Å². The van der Waals surface area contributed by atoms with Crippen molar-refractivity contribution in [2.45, 2.75) is 23.3 Å². The third kappa shape index (κ3) is 5.36. The summed E-state index contributed by atoms with van der Waals surface area (Å²) >= 11 is 1.59. The van der Waals surface area contributed by atoms with E-state index in [-0.39, 0.29) is 0 Å². The molecule has 4 rings (SSSR count). The lowest BCUT2D eigenvalue weighted by Gasteiger charge is -2.09. The molecule has 1 heterocycles. The number of rotatable bonds is 7. The summed E-state index contributed by atoms with van der Waals surface area (Å²) < 4.78 is 5.84. The number of nitrogens with one attached hydrogen (secondary N) is 1. The zero-order chi connectivity index (χ0) is 19.9. The molecule has 5 heteroatoms. The molecule has 1 N–H and O–H groups in total. The van der Waals surface area contributed by atoms with Gasteiger partial charge in [-0.1, -0.05) is 49.0 Å². The van der Waals surface area contributed by atoms with Gasteiger partial charge in [0.05, 0.1) is 0 Å². The van der Waals surface area contributed by atoms with Crippen LogP contribution < -0.4 is 10.1 Å². The zero-order valence-corrected chi connectivity index (χ0v) is 16.9. The maximum atomic E-state index is 5.84. The molecule has 0 saturated heterocycles. The molecule has 0 aliphatic carbocycles. The van der Waals surface area contributed by atoms with Gasteiger partial charge in [0.15, 0.2) is 0 Å². The summed E-state index contributed by atoms with van der Waals surface area (Å²) in [6.07, 6.45) is 2.59. The highest BCUT2D eigenvalue weighted by atomic mass is 32.2. The fourth-order valence-electron chi connectivity index (χ4n) is 2.80. The van der Waals surface area contributed by atoms with Gasteiger partial charge in [-0.3, -0.25) is 0 Å². The van der Waals surface area contributed by atoms with Crippen molar-refractivity contribution < 1.29 is 4.74 Å². The molecule has 0 fully saturated rings. The van der Waals surface area contributed by atoms with Crippen molar-refractivity contribution in [3.05, 3.63) is 96.8 Å². The summed E-state index contributed by atoms with van der Waals surface area (Å²) in [5.41, 5.74) is 2.32. The number of hydrogen-bond donors (Lipinski definition) is 1. The molecule has 0 bridgehead atoms. The van der Waals surface area contributed by atoms with Gasteiger partial charge in [-0.25, -0.2) is 9.97 Å². The normalized spacial score (nSPS) is 10.5. The second-order valence-corrected chi connectivity index (χ2v) is 7.50. The fraction of sp³-hybridized carbons (Fsp3) is 0.0833. The molecule has 0 aliphatic rings. The van der Waals surface area contributed by atoms with E-state index in [1.807, 2.05) is 66.7 Å². The minimum atomic E-state index is 0.778. The van der Waals surface area contributed by atoms with E-state index in [1.165, 1.54) is 5.56 Å². The van der Waals surface area contributed by atoms with Crippen molar-refractivity contribution in [2.24, 2.45) is 0 Å². The molecule has 1 aromatic heterocycles. The van der Waals surface area contributed by atoms with Crippen molar-refractivity contribution in [3.63, 3.8) is 0 Å². The van der Waals surface area contributed by atoms with E-state index in [1.54, 1.807) is 18.1 Å². The quantitative estimate of drug-likeness (QED) is 0.349. The Morgan fingerprint density at radius 1 is 0.828 bits per heavy atom. The molecular formula is C24H21N3OS. The topological polar surface area (TPSA) is 47.0 Å². The monoisotopic (exact) mass is 399 g/mol. The van der Waals surface area contributed by atoms with Gasteiger partial charge in [-0.05, 0) is 60.5 Å². The minimum absolute atomic E-state index is 0.778. The summed E-state index contributed by atoms with van der Waals surface area (Å²) in [6.45, 7) is 2.15. The zero-order valence-electron chi connectivity index (χ0n) is 16.1. The van der Waals surface area contributed by atoms with Crippen LogP contribution in [-0.2, 0) is 6.42 Å². The van der Waals surface area contributed by atoms with Gasteiger partial charge >= 0.3 is 0 Å². The standard InChI is InChI=1S/C24H21N3OS/c1-2-18-7-6-8-19(15-18)27-23-16-24(26-17-25-23)29-22-13-11-21(12-14-22)28-20-9-4-3-5-10-20/h3-17H,2H2,1H3,(H,25,26,27).